The second-order valence-electron chi connectivity index (χ2n) is 6.71. The van der Waals surface area contributed by atoms with Gasteiger partial charge in [-0.15, -0.1) is 0 Å². The predicted molar refractivity (Wildman–Crippen MR) is 107 cm³/mol. The summed E-state index contributed by atoms with van der Waals surface area (Å²) in [7, 11) is 2.17. The van der Waals surface area contributed by atoms with Crippen LogP contribution in [0.4, 0.5) is 0 Å². The molecule has 0 amide bonds. The number of aliphatic imine (C=N–C) groups is 1. The zero-order chi connectivity index (χ0) is 18.0. The molecule has 0 unspecified atom stereocenters. The van der Waals surface area contributed by atoms with Crippen molar-refractivity contribution in [2.24, 2.45) is 10.7 Å². The van der Waals surface area contributed by atoms with Gasteiger partial charge in [0.05, 0.1) is 0 Å². The van der Waals surface area contributed by atoms with Gasteiger partial charge < -0.3 is 15.2 Å². The summed E-state index contributed by atoms with van der Waals surface area (Å²) in [6.45, 7) is 8.60. The minimum atomic E-state index is 0.779. The largest absolute Gasteiger partial charge is 0.404 e. The minimum absolute atomic E-state index is 0.779. The molecule has 1 aromatic heterocycles. The number of fused-ring (bicyclic) bond motifs is 3. The fourth-order valence-corrected chi connectivity index (χ4v) is 3.61. The highest BCUT2D eigenvalue weighted by Gasteiger charge is 2.22. The lowest BCUT2D eigenvalue weighted by atomic mass is 10.1. The zero-order valence-electron chi connectivity index (χ0n) is 14.9. The minimum Gasteiger partial charge on any atom is -0.404 e. The van der Waals surface area contributed by atoms with E-state index in [2.05, 4.69) is 40.2 Å². The van der Waals surface area contributed by atoms with Crippen LogP contribution in [0.5, 0.6) is 0 Å². The van der Waals surface area contributed by atoms with Crippen LogP contribution in [0.2, 0.25) is 5.02 Å². The first kappa shape index (κ1) is 17.8. The molecule has 25 heavy (non-hydrogen) atoms. The number of nitrogens with zero attached hydrogens (tertiary/aromatic N) is 3. The van der Waals surface area contributed by atoms with E-state index in [1.807, 2.05) is 19.2 Å². The molecule has 3 rings (SSSR count). The molecule has 1 aliphatic rings. The number of aryl methyl sites for hydroxylation is 1. The van der Waals surface area contributed by atoms with Crippen molar-refractivity contribution >= 4 is 28.7 Å². The topological polar surface area (TPSA) is 46.5 Å². The first-order chi connectivity index (χ1) is 12.0. The van der Waals surface area contributed by atoms with Crippen LogP contribution in [0.25, 0.3) is 10.9 Å². The molecule has 0 bridgehead atoms. The maximum absolute atomic E-state index is 6.25. The molecule has 2 N–H and O–H groups in total. The lowest BCUT2D eigenvalue weighted by Gasteiger charge is -2.24. The lowest BCUT2D eigenvalue weighted by molar-refractivity contribution is 0.309. The van der Waals surface area contributed by atoms with Gasteiger partial charge in [0.25, 0.3) is 0 Å². The highest BCUT2D eigenvalue weighted by molar-refractivity contribution is 6.31. The number of hydrogen-bond donors (Lipinski definition) is 1. The number of aromatic nitrogens is 1. The highest BCUT2D eigenvalue weighted by atomic mass is 35.5. The summed E-state index contributed by atoms with van der Waals surface area (Å²) in [4.78, 5) is 6.62. The molecule has 1 aliphatic heterocycles. The maximum Gasteiger partial charge on any atom is 0.0487 e. The van der Waals surface area contributed by atoms with Crippen LogP contribution in [0, 0.1) is 0 Å². The van der Waals surface area contributed by atoms with Crippen molar-refractivity contribution in [2.45, 2.75) is 32.9 Å². The van der Waals surface area contributed by atoms with Crippen molar-refractivity contribution in [3.05, 3.63) is 58.5 Å². The van der Waals surface area contributed by atoms with Crippen LogP contribution in [0.15, 0.2) is 47.2 Å². The average Bonchev–Trinajstić information content (AvgIpc) is 2.87. The molecule has 0 saturated carbocycles. The summed E-state index contributed by atoms with van der Waals surface area (Å²) >= 11 is 6.25. The molecule has 0 aliphatic carbocycles. The third-order valence-electron chi connectivity index (χ3n) is 4.70. The number of nitrogens with two attached hydrogens (primary N) is 1. The van der Waals surface area contributed by atoms with Crippen molar-refractivity contribution < 1.29 is 0 Å². The van der Waals surface area contributed by atoms with Crippen LogP contribution >= 0.6 is 11.6 Å². The molecular weight excluding hydrogens is 332 g/mol. The maximum atomic E-state index is 6.25. The Labute approximate surface area is 154 Å². The average molecular weight is 357 g/mol. The Kier molecular flexibility index (Phi) is 5.30. The zero-order valence-corrected chi connectivity index (χ0v) is 15.7. The van der Waals surface area contributed by atoms with Crippen LogP contribution in [0.1, 0.15) is 24.6 Å². The van der Waals surface area contributed by atoms with Gasteiger partial charge in [0.15, 0.2) is 0 Å². The monoisotopic (exact) mass is 356 g/mol. The van der Waals surface area contributed by atoms with E-state index in [9.17, 15) is 0 Å². The van der Waals surface area contributed by atoms with E-state index in [4.69, 9.17) is 17.3 Å². The molecule has 2 heterocycles. The molecule has 5 heteroatoms. The Balaban J connectivity index is 1.95. The molecular formula is C20H25ClN4. The Morgan fingerprint density at radius 2 is 2.24 bits per heavy atom. The number of hydrogen-bond acceptors (Lipinski definition) is 3. The van der Waals surface area contributed by atoms with Gasteiger partial charge >= 0.3 is 0 Å². The summed E-state index contributed by atoms with van der Waals surface area (Å²) in [5.41, 5.74) is 11.6. The molecule has 132 valence electrons. The van der Waals surface area contributed by atoms with Crippen LogP contribution in [0.3, 0.4) is 0 Å². The van der Waals surface area contributed by atoms with Crippen LogP contribution < -0.4 is 5.73 Å². The molecule has 4 nitrogen and oxygen atoms in total. The fourth-order valence-electron chi connectivity index (χ4n) is 3.44. The molecule has 2 aromatic rings. The van der Waals surface area contributed by atoms with Gasteiger partial charge in [-0.3, -0.25) is 4.99 Å². The van der Waals surface area contributed by atoms with Gasteiger partial charge in [-0.25, -0.2) is 0 Å². The van der Waals surface area contributed by atoms with Gasteiger partial charge in [-0.1, -0.05) is 18.2 Å². The molecule has 0 radical (unpaired) electrons. The van der Waals surface area contributed by atoms with Crippen molar-refractivity contribution in [1.82, 2.24) is 9.47 Å². The predicted octanol–water partition coefficient (Wildman–Crippen LogP) is 4.12. The van der Waals surface area contributed by atoms with Crippen molar-refractivity contribution in [3.63, 3.8) is 0 Å². The molecule has 0 fully saturated rings. The van der Waals surface area contributed by atoms with Gasteiger partial charge in [-0.05, 0) is 55.9 Å². The van der Waals surface area contributed by atoms with Gasteiger partial charge in [0.2, 0.25) is 0 Å². The molecule has 0 spiro atoms. The van der Waals surface area contributed by atoms with Crippen LogP contribution in [-0.4, -0.2) is 29.3 Å². The molecule has 1 aromatic carbocycles. The number of halogens is 1. The summed E-state index contributed by atoms with van der Waals surface area (Å²) < 4.78 is 2.42. The number of rotatable bonds is 5. The lowest BCUT2D eigenvalue weighted by Crippen LogP contribution is -2.27. The quantitative estimate of drug-likeness (QED) is 0.819. The Morgan fingerprint density at radius 3 is 2.96 bits per heavy atom. The molecule has 0 saturated heterocycles. The van der Waals surface area contributed by atoms with Gasteiger partial charge in [0.1, 0.15) is 0 Å². The summed E-state index contributed by atoms with van der Waals surface area (Å²) in [5, 5.41) is 2.06. The summed E-state index contributed by atoms with van der Waals surface area (Å²) in [6.07, 6.45) is 5.34. The van der Waals surface area contributed by atoms with E-state index in [-0.39, 0.29) is 0 Å². The van der Waals surface area contributed by atoms with E-state index in [0.717, 1.165) is 48.8 Å². The highest BCUT2D eigenvalue weighted by Crippen LogP contribution is 2.32. The summed E-state index contributed by atoms with van der Waals surface area (Å²) in [5.74, 6) is 0. The second kappa shape index (κ2) is 7.46. The number of likely N-dealkylation sites (N-methyl/N-ethyl adjacent to an activating group) is 1. The van der Waals surface area contributed by atoms with E-state index >= 15 is 0 Å². The first-order valence-electron chi connectivity index (χ1n) is 8.58. The van der Waals surface area contributed by atoms with E-state index in [1.165, 1.54) is 22.2 Å². The summed E-state index contributed by atoms with van der Waals surface area (Å²) in [6, 6.07) is 6.19. The first-order valence-corrected chi connectivity index (χ1v) is 8.95. The SMILES string of the molecule is C=C(C)N=C/C(=C\N)CCn1c2c(c3cc(Cl)ccc31)CN(C)CC2. The van der Waals surface area contributed by atoms with Gasteiger partial charge in [0, 0.05) is 59.6 Å². The van der Waals surface area contributed by atoms with Gasteiger partial charge in [-0.2, -0.15) is 0 Å². The van der Waals surface area contributed by atoms with E-state index < -0.39 is 0 Å². The number of allylic oxidation sites excluding steroid dienone is 2. The standard InChI is InChI=1S/C20H25ClN4/c1-14(2)23-12-15(11-22)6-9-25-19-5-4-16(21)10-17(19)18-13-24(3)8-7-20(18)25/h4-5,10-12H,1,6-9,13,22H2,2-3H3/b15-11-,23-12?. The van der Waals surface area contributed by atoms with E-state index in [1.54, 1.807) is 6.20 Å². The Hall–Kier alpha value is -2.04. The fraction of sp³-hybridized carbons (Fsp3) is 0.350. The second-order valence-corrected chi connectivity index (χ2v) is 7.15. The van der Waals surface area contributed by atoms with Crippen molar-refractivity contribution in [3.8, 4) is 0 Å². The van der Waals surface area contributed by atoms with Crippen molar-refractivity contribution in [1.29, 1.82) is 0 Å². The third kappa shape index (κ3) is 3.80. The van der Waals surface area contributed by atoms with Crippen LogP contribution in [-0.2, 0) is 19.5 Å². The smallest absolute Gasteiger partial charge is 0.0487 e. The number of benzene rings is 1. The van der Waals surface area contributed by atoms with Crippen molar-refractivity contribution in [2.75, 3.05) is 13.6 Å². The third-order valence-corrected chi connectivity index (χ3v) is 4.93. The van der Waals surface area contributed by atoms with E-state index in [0.29, 0.717) is 0 Å². The normalized spacial score (nSPS) is 15.9. The Morgan fingerprint density at radius 1 is 1.44 bits per heavy atom. The molecule has 0 atom stereocenters. The Bertz CT molecular complexity index is 860.